The lowest BCUT2D eigenvalue weighted by Gasteiger charge is -2.31. The Balaban J connectivity index is 1.91. The highest BCUT2D eigenvalue weighted by Gasteiger charge is 2.37. The Morgan fingerprint density at radius 3 is 0.983 bits per heavy atom. The molecule has 3 aromatic rings. The molecule has 2 aliphatic carbocycles. The number of benzene rings is 2. The van der Waals surface area contributed by atoms with Gasteiger partial charge in [0.1, 0.15) is 22.8 Å². The minimum absolute atomic E-state index is 0.0535. The van der Waals surface area contributed by atoms with Gasteiger partial charge in [0.25, 0.3) is 0 Å². The molecule has 7 nitrogen and oxygen atoms in total. The summed E-state index contributed by atoms with van der Waals surface area (Å²) in [5.74, 6) is -0.107. The van der Waals surface area contributed by atoms with E-state index in [0.717, 1.165) is 0 Å². The summed E-state index contributed by atoms with van der Waals surface area (Å²) in [6, 6.07) is 11.5. The molecule has 0 saturated carbocycles. The first-order chi connectivity index (χ1) is 27.6. The molecule has 2 aromatic carbocycles. The number of halogens is 6. The predicted octanol–water partition coefficient (Wildman–Crippen LogP) is 17.0. The number of pyridine rings is 1. The third-order valence-electron chi connectivity index (χ3n) is 9.65. The number of hydrogen-bond acceptors (Lipinski definition) is 7. The van der Waals surface area contributed by atoms with Gasteiger partial charge in [-0.25, -0.2) is 4.98 Å². The fourth-order valence-corrected chi connectivity index (χ4v) is 8.22. The van der Waals surface area contributed by atoms with Crippen LogP contribution in [-0.2, 0) is 9.59 Å². The topological polar surface area (TPSA) is 96.5 Å². The van der Waals surface area contributed by atoms with Crippen molar-refractivity contribution in [3.8, 4) is 0 Å². The highest BCUT2D eigenvalue weighted by atomic mass is 35.5. The Morgan fingerprint density at radius 2 is 0.733 bits per heavy atom. The molecule has 314 valence electrons. The van der Waals surface area contributed by atoms with Gasteiger partial charge < -0.3 is 0 Å². The minimum atomic E-state index is -0.526. The third-order valence-corrected chi connectivity index (χ3v) is 11.2. The number of nitrogens with zero attached hydrogens (tertiary/aromatic N) is 5. The SMILES string of the molecule is CC(C)(C)C1=CC(=C(/N=N/c2c(Cl)cc(Cl)cc2Cl)c2cccc(C(/N=N/c3c(Cl)cc(Cl)cc3Cl)=C3C=C(C(C)(C)C)C(=O)C(C(C)(C)C)=C3)n2)C=C(C(C)(C)C)C1=O. The van der Waals surface area contributed by atoms with E-state index in [2.05, 4.69) is 10.2 Å². The van der Waals surface area contributed by atoms with Crippen LogP contribution in [0.15, 0.2) is 121 Å². The van der Waals surface area contributed by atoms with Crippen molar-refractivity contribution >= 4 is 104 Å². The highest BCUT2D eigenvalue weighted by Crippen LogP contribution is 2.45. The zero-order valence-electron chi connectivity index (χ0n) is 35.7. The summed E-state index contributed by atoms with van der Waals surface area (Å²) in [5, 5.41) is 20.1. The van der Waals surface area contributed by atoms with E-state index in [-0.39, 0.29) is 43.0 Å². The molecule has 0 bridgehead atoms. The molecule has 13 heteroatoms. The Labute approximate surface area is 383 Å². The minimum Gasteiger partial charge on any atom is -0.289 e. The number of rotatable bonds is 6. The molecule has 0 aliphatic heterocycles. The largest absolute Gasteiger partial charge is 0.289 e. The fraction of sp³-hybridized carbons (Fsp3) is 0.340. The number of hydrogen-bond donors (Lipinski definition) is 0. The van der Waals surface area contributed by atoms with Gasteiger partial charge in [0.05, 0.1) is 31.5 Å². The molecule has 0 radical (unpaired) electrons. The van der Waals surface area contributed by atoms with Gasteiger partial charge >= 0.3 is 0 Å². The smallest absolute Gasteiger partial charge is 0.186 e. The molecular weight excluding hydrogens is 879 g/mol. The monoisotopic (exact) mass is 923 g/mol. The second-order valence-electron chi connectivity index (χ2n) is 18.7. The lowest BCUT2D eigenvalue weighted by molar-refractivity contribution is -0.114. The fourth-order valence-electron chi connectivity index (χ4n) is 6.43. The van der Waals surface area contributed by atoms with Gasteiger partial charge in [0.2, 0.25) is 0 Å². The molecule has 60 heavy (non-hydrogen) atoms. The van der Waals surface area contributed by atoms with E-state index < -0.39 is 21.7 Å². The van der Waals surface area contributed by atoms with Gasteiger partial charge in [0.15, 0.2) is 11.6 Å². The number of carbonyl (C=O) groups excluding carboxylic acids is 2. The van der Waals surface area contributed by atoms with Crippen molar-refractivity contribution in [2.75, 3.05) is 0 Å². The van der Waals surface area contributed by atoms with Crippen molar-refractivity contribution in [1.82, 2.24) is 4.98 Å². The van der Waals surface area contributed by atoms with Gasteiger partial charge in [0, 0.05) is 43.5 Å². The number of ketones is 2. The first-order valence-corrected chi connectivity index (χ1v) is 21.4. The molecule has 5 rings (SSSR count). The van der Waals surface area contributed by atoms with E-state index in [4.69, 9.17) is 84.8 Å². The van der Waals surface area contributed by atoms with Crippen molar-refractivity contribution in [2.24, 2.45) is 42.1 Å². The molecule has 0 N–H and O–H groups in total. The first-order valence-electron chi connectivity index (χ1n) is 19.1. The molecule has 0 unspecified atom stereocenters. The number of Topliss-reactive ketones (excluding diaryl/α,β-unsaturated/α-hetero) is 2. The summed E-state index contributed by atoms with van der Waals surface area (Å²) in [7, 11) is 0. The van der Waals surface area contributed by atoms with Crippen LogP contribution in [0.5, 0.6) is 0 Å². The average Bonchev–Trinajstić information content (AvgIpc) is 3.09. The molecular formula is C47H47Cl6N5O2. The second-order valence-corrected chi connectivity index (χ2v) is 21.2. The van der Waals surface area contributed by atoms with Crippen LogP contribution in [0.2, 0.25) is 30.1 Å². The van der Waals surface area contributed by atoms with E-state index in [0.29, 0.717) is 66.3 Å². The standard InChI is InChI=1S/C47H47Cl6N5O2/c1-44(2,3)28-16-24(17-29(42(28)59)45(4,5)6)38(55-57-40-32(50)20-26(48)21-33(40)51)36-14-13-15-37(54-36)39(56-58-41-34(52)22-27(49)23-35(41)53)25-18-30(46(7,8)9)43(60)31(19-25)47(10,11)12/h13-23H,1-12H3/b57-55+,58-56+. The molecule has 0 spiro atoms. The zero-order chi connectivity index (χ0) is 44.9. The van der Waals surface area contributed by atoms with Gasteiger partial charge in [-0.2, -0.15) is 0 Å². The Hall–Kier alpha value is -3.69. The molecule has 0 saturated heterocycles. The van der Waals surface area contributed by atoms with Crippen molar-refractivity contribution < 1.29 is 9.59 Å². The van der Waals surface area contributed by atoms with Crippen LogP contribution >= 0.6 is 69.6 Å². The van der Waals surface area contributed by atoms with E-state index in [9.17, 15) is 9.59 Å². The molecule has 2 aliphatic rings. The van der Waals surface area contributed by atoms with Crippen LogP contribution < -0.4 is 0 Å². The number of carbonyl (C=O) groups is 2. The summed E-state index contributed by atoms with van der Waals surface area (Å²) >= 11 is 38.8. The van der Waals surface area contributed by atoms with Crippen molar-refractivity contribution in [2.45, 2.75) is 83.1 Å². The maximum absolute atomic E-state index is 14.0. The Morgan fingerprint density at radius 1 is 0.467 bits per heavy atom. The van der Waals surface area contributed by atoms with Gasteiger partial charge in [-0.3, -0.25) is 9.59 Å². The normalized spacial score (nSPS) is 15.8. The van der Waals surface area contributed by atoms with Crippen molar-refractivity contribution in [3.05, 3.63) is 142 Å². The number of allylic oxidation sites excluding steroid dienone is 10. The molecule has 0 amide bonds. The summed E-state index contributed by atoms with van der Waals surface area (Å²) < 4.78 is 0. The van der Waals surface area contributed by atoms with Crippen LogP contribution in [0.1, 0.15) is 94.5 Å². The van der Waals surface area contributed by atoms with Gasteiger partial charge in [-0.1, -0.05) is 159 Å². The van der Waals surface area contributed by atoms with Crippen LogP contribution in [-0.4, -0.2) is 16.6 Å². The zero-order valence-corrected chi connectivity index (χ0v) is 40.2. The molecule has 1 heterocycles. The van der Waals surface area contributed by atoms with Crippen molar-refractivity contribution in [3.63, 3.8) is 0 Å². The second kappa shape index (κ2) is 17.6. The van der Waals surface area contributed by atoms with E-state index >= 15 is 0 Å². The summed E-state index contributed by atoms with van der Waals surface area (Å²) in [4.78, 5) is 33.3. The third kappa shape index (κ3) is 10.7. The summed E-state index contributed by atoms with van der Waals surface area (Å²) in [5.41, 5.74) is 3.22. The maximum atomic E-state index is 14.0. The maximum Gasteiger partial charge on any atom is 0.186 e. The van der Waals surface area contributed by atoms with Crippen LogP contribution in [0.4, 0.5) is 11.4 Å². The average molecular weight is 927 g/mol. The Kier molecular flexibility index (Phi) is 13.9. The van der Waals surface area contributed by atoms with E-state index in [1.54, 1.807) is 12.1 Å². The molecule has 0 atom stereocenters. The van der Waals surface area contributed by atoms with E-state index in [1.807, 2.05) is 113 Å². The lowest BCUT2D eigenvalue weighted by atomic mass is 9.71. The first kappa shape index (κ1) is 47.4. The van der Waals surface area contributed by atoms with Gasteiger partial charge in [-0.15, -0.1) is 20.5 Å². The number of aromatic nitrogens is 1. The number of azo groups is 2. The van der Waals surface area contributed by atoms with Crippen LogP contribution in [0.3, 0.4) is 0 Å². The summed E-state index contributed by atoms with van der Waals surface area (Å²) in [6.45, 7) is 23.9. The Bertz CT molecular complexity index is 2270. The van der Waals surface area contributed by atoms with Gasteiger partial charge in [-0.05, 0) is 82.4 Å². The van der Waals surface area contributed by atoms with Crippen LogP contribution in [0, 0.1) is 21.7 Å². The van der Waals surface area contributed by atoms with E-state index in [1.165, 1.54) is 24.3 Å². The quantitative estimate of drug-likeness (QED) is 0.230. The summed E-state index contributed by atoms with van der Waals surface area (Å²) in [6.07, 6.45) is 7.33. The van der Waals surface area contributed by atoms with Crippen LogP contribution in [0.25, 0.3) is 11.4 Å². The predicted molar refractivity (Wildman–Crippen MR) is 250 cm³/mol. The molecule has 1 aromatic heterocycles. The lowest BCUT2D eigenvalue weighted by Crippen LogP contribution is -2.28. The van der Waals surface area contributed by atoms with Crippen molar-refractivity contribution in [1.29, 1.82) is 0 Å². The molecule has 0 fully saturated rings. The highest BCUT2D eigenvalue weighted by molar-refractivity contribution is 6.42.